The average Bonchev–Trinajstić information content (AvgIpc) is 2.91. The maximum absolute atomic E-state index is 13.4. The van der Waals surface area contributed by atoms with E-state index < -0.39 is 0 Å². The standard InChI is InChI=1S/C25H22N4O5/c1-33-21-7-3-5-19(13-21)28-15-17(9-11-23(28)26-31)25(30)18-10-12-24(27-32)29(16-18)20-6-4-8-22(14-20)34-2/h3-16,31-32H,1-2H3. The van der Waals surface area contributed by atoms with Crippen LogP contribution in [0.25, 0.3) is 11.4 Å². The summed E-state index contributed by atoms with van der Waals surface area (Å²) in [5.41, 5.74) is 2.52. The minimum Gasteiger partial charge on any atom is -0.497 e. The second kappa shape index (κ2) is 9.78. The molecule has 0 spiro atoms. The number of methoxy groups -OCH3 is 2. The van der Waals surface area contributed by atoms with E-state index in [2.05, 4.69) is 10.3 Å². The van der Waals surface area contributed by atoms with Gasteiger partial charge in [0.2, 0.25) is 0 Å². The SMILES string of the molecule is COc1cccc(-n2cc(C(=O)c3ccc(=NO)n(-c4cccc(OC)c4)c3)ccc2=NO)c1. The topological polar surface area (TPSA) is 111 Å². The van der Waals surface area contributed by atoms with Gasteiger partial charge in [-0.25, -0.2) is 0 Å². The van der Waals surface area contributed by atoms with Crippen molar-refractivity contribution in [2.45, 2.75) is 0 Å². The van der Waals surface area contributed by atoms with E-state index in [1.165, 1.54) is 0 Å². The van der Waals surface area contributed by atoms with Crippen LogP contribution in [0.15, 0.2) is 95.5 Å². The maximum Gasteiger partial charge on any atom is 0.195 e. The Labute approximate surface area is 194 Å². The van der Waals surface area contributed by atoms with Crippen LogP contribution in [0.2, 0.25) is 0 Å². The van der Waals surface area contributed by atoms with Gasteiger partial charge in [0, 0.05) is 35.7 Å². The van der Waals surface area contributed by atoms with Crippen LogP contribution in [-0.4, -0.2) is 39.6 Å². The predicted molar refractivity (Wildman–Crippen MR) is 123 cm³/mol. The average molecular weight is 458 g/mol. The van der Waals surface area contributed by atoms with E-state index in [-0.39, 0.29) is 16.8 Å². The van der Waals surface area contributed by atoms with Crippen molar-refractivity contribution < 1.29 is 24.7 Å². The number of carbonyl (C=O) groups excluding carboxylic acids is 1. The molecule has 4 aromatic rings. The normalized spacial score (nSPS) is 11.9. The molecular weight excluding hydrogens is 436 g/mol. The lowest BCUT2D eigenvalue weighted by Crippen LogP contribution is -2.22. The van der Waals surface area contributed by atoms with Gasteiger partial charge in [-0.2, -0.15) is 0 Å². The van der Waals surface area contributed by atoms with Gasteiger partial charge in [-0.05, 0) is 48.5 Å². The summed E-state index contributed by atoms with van der Waals surface area (Å²) in [6, 6.07) is 20.5. The highest BCUT2D eigenvalue weighted by Gasteiger charge is 2.14. The van der Waals surface area contributed by atoms with Crippen LogP contribution in [-0.2, 0) is 0 Å². The molecule has 0 saturated carbocycles. The van der Waals surface area contributed by atoms with Crippen LogP contribution >= 0.6 is 0 Å². The zero-order valence-corrected chi connectivity index (χ0v) is 18.5. The molecule has 0 saturated heterocycles. The molecule has 0 bridgehead atoms. The van der Waals surface area contributed by atoms with Gasteiger partial charge in [0.15, 0.2) is 16.8 Å². The minimum absolute atomic E-state index is 0.241. The molecule has 0 atom stereocenters. The Morgan fingerprint density at radius 2 is 1.15 bits per heavy atom. The van der Waals surface area contributed by atoms with E-state index in [4.69, 9.17) is 9.47 Å². The number of rotatable bonds is 6. The quantitative estimate of drug-likeness (QED) is 0.262. The van der Waals surface area contributed by atoms with E-state index in [0.29, 0.717) is 34.0 Å². The van der Waals surface area contributed by atoms with E-state index in [9.17, 15) is 15.2 Å². The number of ketones is 1. The van der Waals surface area contributed by atoms with Gasteiger partial charge in [0.1, 0.15) is 11.5 Å². The first kappa shape index (κ1) is 22.4. The Bertz CT molecular complexity index is 1380. The first-order valence-electron chi connectivity index (χ1n) is 10.2. The molecule has 4 rings (SSSR count). The number of aromatic nitrogens is 2. The summed E-state index contributed by atoms with van der Waals surface area (Å²) >= 11 is 0. The van der Waals surface area contributed by atoms with Crippen molar-refractivity contribution in [3.8, 4) is 22.9 Å². The molecular formula is C25H22N4O5. The Balaban J connectivity index is 1.80. The largest absolute Gasteiger partial charge is 0.497 e. The van der Waals surface area contributed by atoms with Crippen molar-refractivity contribution >= 4 is 5.78 Å². The van der Waals surface area contributed by atoms with Crippen LogP contribution in [0, 0.1) is 0 Å². The van der Waals surface area contributed by atoms with Crippen LogP contribution in [0.1, 0.15) is 15.9 Å². The number of hydrogen-bond acceptors (Lipinski definition) is 7. The minimum atomic E-state index is -0.276. The third kappa shape index (κ3) is 4.40. The van der Waals surface area contributed by atoms with Crippen LogP contribution in [0.3, 0.4) is 0 Å². The molecule has 2 N–H and O–H groups in total. The van der Waals surface area contributed by atoms with Gasteiger partial charge in [-0.15, -0.1) is 0 Å². The molecule has 0 aliphatic rings. The van der Waals surface area contributed by atoms with E-state index in [1.807, 2.05) is 0 Å². The van der Waals surface area contributed by atoms with Gasteiger partial charge in [-0.3, -0.25) is 13.9 Å². The third-order valence-electron chi connectivity index (χ3n) is 5.25. The molecule has 2 heterocycles. The fourth-order valence-electron chi connectivity index (χ4n) is 3.52. The van der Waals surface area contributed by atoms with Gasteiger partial charge in [0.25, 0.3) is 0 Å². The van der Waals surface area contributed by atoms with Crippen molar-refractivity contribution in [1.29, 1.82) is 0 Å². The highest BCUT2D eigenvalue weighted by Crippen LogP contribution is 2.18. The lowest BCUT2D eigenvalue weighted by atomic mass is 10.1. The van der Waals surface area contributed by atoms with Crippen molar-refractivity contribution in [2.24, 2.45) is 10.3 Å². The number of ether oxygens (including phenoxy) is 2. The van der Waals surface area contributed by atoms with Crippen molar-refractivity contribution in [2.75, 3.05) is 14.2 Å². The van der Waals surface area contributed by atoms with Crippen LogP contribution in [0.4, 0.5) is 0 Å². The second-order valence-corrected chi connectivity index (χ2v) is 7.22. The van der Waals surface area contributed by atoms with Crippen molar-refractivity contribution in [3.63, 3.8) is 0 Å². The van der Waals surface area contributed by atoms with Gasteiger partial charge in [0.05, 0.1) is 25.6 Å². The summed E-state index contributed by atoms with van der Waals surface area (Å²) in [5.74, 6) is 0.962. The summed E-state index contributed by atoms with van der Waals surface area (Å²) in [4.78, 5) is 13.4. The van der Waals surface area contributed by atoms with Crippen molar-refractivity contribution in [1.82, 2.24) is 9.13 Å². The molecule has 0 fully saturated rings. The first-order valence-corrected chi connectivity index (χ1v) is 10.2. The number of carbonyl (C=O) groups is 1. The maximum atomic E-state index is 13.4. The third-order valence-corrected chi connectivity index (χ3v) is 5.25. The molecule has 2 aromatic carbocycles. The summed E-state index contributed by atoms with van der Waals surface area (Å²) < 4.78 is 13.7. The Morgan fingerprint density at radius 1 is 0.706 bits per heavy atom. The van der Waals surface area contributed by atoms with Crippen LogP contribution in [0.5, 0.6) is 11.5 Å². The molecule has 2 aromatic heterocycles. The number of pyridine rings is 2. The molecule has 0 radical (unpaired) electrons. The van der Waals surface area contributed by atoms with E-state index >= 15 is 0 Å². The second-order valence-electron chi connectivity index (χ2n) is 7.22. The molecule has 9 heteroatoms. The monoisotopic (exact) mass is 458 g/mol. The predicted octanol–water partition coefficient (Wildman–Crippen LogP) is 3.10. The molecule has 172 valence electrons. The molecule has 0 aliphatic heterocycles. The molecule has 0 amide bonds. The lowest BCUT2D eigenvalue weighted by molar-refractivity contribution is 0.103. The Morgan fingerprint density at radius 3 is 1.53 bits per heavy atom. The molecule has 9 nitrogen and oxygen atoms in total. The molecule has 0 unspecified atom stereocenters. The fourth-order valence-corrected chi connectivity index (χ4v) is 3.52. The summed E-state index contributed by atoms with van der Waals surface area (Å²) in [6.07, 6.45) is 3.18. The van der Waals surface area contributed by atoms with Gasteiger partial charge >= 0.3 is 0 Å². The van der Waals surface area contributed by atoms with E-state index in [1.54, 1.807) is 109 Å². The van der Waals surface area contributed by atoms with Crippen molar-refractivity contribution in [3.05, 3.63) is 107 Å². The number of nitrogens with zero attached hydrogens (tertiary/aromatic N) is 4. The molecule has 34 heavy (non-hydrogen) atoms. The highest BCUT2D eigenvalue weighted by molar-refractivity contribution is 6.08. The lowest BCUT2D eigenvalue weighted by Gasteiger charge is -2.12. The summed E-state index contributed by atoms with van der Waals surface area (Å²) in [6.45, 7) is 0. The summed E-state index contributed by atoms with van der Waals surface area (Å²) in [7, 11) is 3.11. The highest BCUT2D eigenvalue weighted by atomic mass is 16.5. The van der Waals surface area contributed by atoms with E-state index in [0.717, 1.165) is 0 Å². The number of benzene rings is 2. The zero-order chi connectivity index (χ0) is 24.1. The van der Waals surface area contributed by atoms with Gasteiger partial charge < -0.3 is 19.9 Å². The molecule has 0 aliphatic carbocycles. The van der Waals surface area contributed by atoms with Crippen LogP contribution < -0.4 is 20.4 Å². The summed E-state index contributed by atoms with van der Waals surface area (Å²) in [5, 5.41) is 25.6. The zero-order valence-electron chi connectivity index (χ0n) is 18.5. The number of hydrogen-bond donors (Lipinski definition) is 2. The Hall–Kier alpha value is -4.79. The van der Waals surface area contributed by atoms with Gasteiger partial charge in [-0.1, -0.05) is 22.4 Å². The first-order chi connectivity index (χ1) is 16.6. The Kier molecular flexibility index (Phi) is 6.45. The smallest absolute Gasteiger partial charge is 0.195 e. The fraction of sp³-hybridized carbons (Fsp3) is 0.0800.